The summed E-state index contributed by atoms with van der Waals surface area (Å²) in [6.07, 6.45) is 0. The average Bonchev–Trinajstić information content (AvgIpc) is 3.26. The lowest BCUT2D eigenvalue weighted by molar-refractivity contribution is 1.53. The van der Waals surface area contributed by atoms with Gasteiger partial charge in [0.2, 0.25) is 0 Å². The second-order valence-electron chi connectivity index (χ2n) is 7.03. The summed E-state index contributed by atoms with van der Waals surface area (Å²) in [4.78, 5) is 7.27. The van der Waals surface area contributed by atoms with Gasteiger partial charge in [-0.3, -0.25) is 0 Å². The van der Waals surface area contributed by atoms with Gasteiger partial charge in [-0.25, -0.2) is 0 Å². The van der Waals surface area contributed by atoms with E-state index in [1.54, 1.807) is 0 Å². The highest BCUT2D eigenvalue weighted by molar-refractivity contribution is 6.27. The maximum Gasteiger partial charge on any atom is 0.0566 e. The predicted octanol–water partition coefficient (Wildman–Crippen LogP) is 6.20. The number of nitrogen functional groups attached to an aromatic ring is 1. The van der Waals surface area contributed by atoms with Crippen LogP contribution in [-0.2, 0) is 0 Å². The molecule has 0 saturated carbocycles. The maximum atomic E-state index is 6.35. The minimum Gasteiger partial charge on any atom is -0.398 e. The summed E-state index contributed by atoms with van der Waals surface area (Å²) in [6, 6.07) is 27.3. The fourth-order valence-corrected chi connectivity index (χ4v) is 4.29. The van der Waals surface area contributed by atoms with E-state index in [-0.39, 0.29) is 0 Å². The highest BCUT2D eigenvalue weighted by atomic mass is 14.7. The smallest absolute Gasteiger partial charge is 0.0566 e. The number of benzene rings is 4. The van der Waals surface area contributed by atoms with Crippen molar-refractivity contribution in [2.45, 2.75) is 0 Å². The van der Waals surface area contributed by atoms with Crippen LogP contribution in [0.4, 0.5) is 5.69 Å². The summed E-state index contributed by atoms with van der Waals surface area (Å²) in [5, 5.41) is 4.90. The van der Waals surface area contributed by atoms with Crippen LogP contribution in [0.15, 0.2) is 78.9 Å². The Bertz CT molecular complexity index is 1480. The molecule has 0 saturated heterocycles. The number of hydrogen-bond acceptors (Lipinski definition) is 1. The van der Waals surface area contributed by atoms with Crippen LogP contribution in [0.25, 0.3) is 54.7 Å². The molecule has 0 fully saturated rings. The fourth-order valence-electron chi connectivity index (χ4n) is 4.29. The van der Waals surface area contributed by atoms with Crippen LogP contribution in [0.5, 0.6) is 0 Å². The Hall–Kier alpha value is -3.72. The standard InChI is InChI=1S/C24H17N3/c25-19-10-4-1-7-14(19)17-13-18-15-8-2-5-11-20(15)26-24(18)22-16-9-3-6-12-21(16)27-23(17)22/h1-13,26-27H,25H2. The first-order chi connectivity index (χ1) is 13.3. The molecule has 0 aliphatic rings. The molecule has 3 heteroatoms. The largest absolute Gasteiger partial charge is 0.398 e. The van der Waals surface area contributed by atoms with Crippen molar-refractivity contribution in [1.82, 2.24) is 9.97 Å². The van der Waals surface area contributed by atoms with E-state index in [1.165, 1.54) is 27.1 Å². The number of rotatable bonds is 1. The van der Waals surface area contributed by atoms with Gasteiger partial charge < -0.3 is 15.7 Å². The van der Waals surface area contributed by atoms with Gasteiger partial charge in [0, 0.05) is 49.4 Å². The third-order valence-corrected chi connectivity index (χ3v) is 5.51. The van der Waals surface area contributed by atoms with E-state index in [0.29, 0.717) is 0 Å². The van der Waals surface area contributed by atoms with Crippen LogP contribution in [0, 0.1) is 0 Å². The topological polar surface area (TPSA) is 57.6 Å². The van der Waals surface area contributed by atoms with E-state index in [0.717, 1.165) is 33.4 Å². The van der Waals surface area contributed by atoms with Gasteiger partial charge in [-0.05, 0) is 24.3 Å². The zero-order valence-electron chi connectivity index (χ0n) is 14.6. The molecule has 6 rings (SSSR count). The minimum atomic E-state index is 0.789. The molecule has 0 aliphatic carbocycles. The predicted molar refractivity (Wildman–Crippen MR) is 115 cm³/mol. The quantitative estimate of drug-likeness (QED) is 0.304. The zero-order chi connectivity index (χ0) is 18.0. The number of hydrogen-bond donors (Lipinski definition) is 3. The van der Waals surface area contributed by atoms with E-state index < -0.39 is 0 Å². The first kappa shape index (κ1) is 14.4. The molecule has 4 aromatic carbocycles. The Morgan fingerprint density at radius 3 is 2.00 bits per heavy atom. The highest BCUT2D eigenvalue weighted by Crippen LogP contribution is 2.42. The van der Waals surface area contributed by atoms with E-state index in [1.807, 2.05) is 18.2 Å². The van der Waals surface area contributed by atoms with Crippen molar-refractivity contribution in [2.75, 3.05) is 5.73 Å². The van der Waals surface area contributed by atoms with Crippen molar-refractivity contribution in [3.8, 4) is 11.1 Å². The first-order valence-corrected chi connectivity index (χ1v) is 9.10. The van der Waals surface area contributed by atoms with Crippen LogP contribution >= 0.6 is 0 Å². The lowest BCUT2D eigenvalue weighted by Crippen LogP contribution is -1.90. The van der Waals surface area contributed by atoms with Crippen LogP contribution in [0.3, 0.4) is 0 Å². The summed E-state index contributed by atoms with van der Waals surface area (Å²) in [5.74, 6) is 0. The van der Waals surface area contributed by atoms with Gasteiger partial charge in [-0.1, -0.05) is 54.6 Å². The number of nitrogens with one attached hydrogen (secondary N) is 2. The number of fused-ring (bicyclic) bond motifs is 7. The lowest BCUT2D eigenvalue weighted by Gasteiger charge is -2.08. The molecule has 0 amide bonds. The maximum absolute atomic E-state index is 6.35. The molecule has 0 bridgehead atoms. The first-order valence-electron chi connectivity index (χ1n) is 9.10. The molecule has 2 aromatic heterocycles. The number of para-hydroxylation sites is 3. The van der Waals surface area contributed by atoms with Crippen molar-refractivity contribution in [3.63, 3.8) is 0 Å². The molecular formula is C24H17N3. The minimum absolute atomic E-state index is 0.789. The Morgan fingerprint density at radius 1 is 0.556 bits per heavy atom. The van der Waals surface area contributed by atoms with Gasteiger partial charge in [0.05, 0.1) is 11.0 Å². The van der Waals surface area contributed by atoms with Gasteiger partial charge >= 0.3 is 0 Å². The summed E-state index contributed by atoms with van der Waals surface area (Å²) in [6.45, 7) is 0. The highest BCUT2D eigenvalue weighted by Gasteiger charge is 2.17. The number of aromatic amines is 2. The van der Waals surface area contributed by atoms with Crippen molar-refractivity contribution in [1.29, 1.82) is 0 Å². The third-order valence-electron chi connectivity index (χ3n) is 5.51. The third kappa shape index (κ3) is 1.91. The van der Waals surface area contributed by atoms with E-state index in [9.17, 15) is 0 Å². The molecule has 2 heterocycles. The Kier molecular flexibility index (Phi) is 2.75. The molecule has 0 spiro atoms. The lowest BCUT2D eigenvalue weighted by atomic mass is 9.97. The SMILES string of the molecule is Nc1ccccc1-c1cc2c3ccccc3[nH]c2c2c1[nH]c1ccccc12. The van der Waals surface area contributed by atoms with E-state index in [4.69, 9.17) is 5.73 Å². The number of anilines is 1. The molecule has 4 N–H and O–H groups in total. The van der Waals surface area contributed by atoms with Gasteiger partial charge in [0.15, 0.2) is 0 Å². The number of nitrogens with two attached hydrogens (primary N) is 1. The summed E-state index contributed by atoms with van der Waals surface area (Å²) in [7, 11) is 0. The summed E-state index contributed by atoms with van der Waals surface area (Å²) < 4.78 is 0. The van der Waals surface area contributed by atoms with Crippen molar-refractivity contribution in [3.05, 3.63) is 78.9 Å². The van der Waals surface area contributed by atoms with Crippen molar-refractivity contribution in [2.24, 2.45) is 0 Å². The Labute approximate surface area is 155 Å². The molecule has 0 atom stereocenters. The summed E-state index contributed by atoms with van der Waals surface area (Å²) >= 11 is 0. The average molecular weight is 347 g/mol. The molecular weight excluding hydrogens is 330 g/mol. The van der Waals surface area contributed by atoms with Gasteiger partial charge in [-0.15, -0.1) is 0 Å². The van der Waals surface area contributed by atoms with E-state index >= 15 is 0 Å². The van der Waals surface area contributed by atoms with Gasteiger partial charge in [0.25, 0.3) is 0 Å². The number of aromatic nitrogens is 2. The molecule has 6 aromatic rings. The normalized spacial score (nSPS) is 11.9. The molecule has 0 aliphatic heterocycles. The van der Waals surface area contributed by atoms with Gasteiger partial charge in [0.1, 0.15) is 0 Å². The number of H-pyrrole nitrogens is 2. The van der Waals surface area contributed by atoms with E-state index in [2.05, 4.69) is 70.6 Å². The fraction of sp³-hybridized carbons (Fsp3) is 0. The van der Waals surface area contributed by atoms with Crippen LogP contribution in [0.2, 0.25) is 0 Å². The zero-order valence-corrected chi connectivity index (χ0v) is 14.6. The molecule has 3 nitrogen and oxygen atoms in total. The second-order valence-corrected chi connectivity index (χ2v) is 7.03. The molecule has 0 unspecified atom stereocenters. The molecule has 27 heavy (non-hydrogen) atoms. The Morgan fingerprint density at radius 2 is 1.19 bits per heavy atom. The van der Waals surface area contributed by atoms with Crippen LogP contribution in [0.1, 0.15) is 0 Å². The Balaban J connectivity index is 1.92. The van der Waals surface area contributed by atoms with Crippen LogP contribution < -0.4 is 5.73 Å². The van der Waals surface area contributed by atoms with Crippen LogP contribution in [-0.4, -0.2) is 9.97 Å². The molecule has 0 radical (unpaired) electrons. The van der Waals surface area contributed by atoms with Crippen molar-refractivity contribution >= 4 is 49.3 Å². The van der Waals surface area contributed by atoms with Crippen molar-refractivity contribution < 1.29 is 0 Å². The molecule has 128 valence electrons. The summed E-state index contributed by atoms with van der Waals surface area (Å²) in [5.41, 5.74) is 13.9. The van der Waals surface area contributed by atoms with Gasteiger partial charge in [-0.2, -0.15) is 0 Å². The second kappa shape index (κ2) is 5.15. The monoisotopic (exact) mass is 347 g/mol.